The van der Waals surface area contributed by atoms with E-state index in [9.17, 15) is 29.1 Å². The number of carbonyl (C=O) groups excluding carboxylic acids is 5. The van der Waals surface area contributed by atoms with Gasteiger partial charge in [-0.3, -0.25) is 29.0 Å². The van der Waals surface area contributed by atoms with Crippen LogP contribution in [0.25, 0.3) is 0 Å². The largest absolute Gasteiger partial charge is 0.396 e. The van der Waals surface area contributed by atoms with Gasteiger partial charge in [-0.25, -0.2) is 0 Å². The Morgan fingerprint density at radius 1 is 0.778 bits per heavy atom. The number of nitrogens with two attached hydrogens (primary N) is 2. The normalized spacial score (nSPS) is 13.6. The number of aliphatic imine (C=N–C) groups is 1. The van der Waals surface area contributed by atoms with Crippen molar-refractivity contribution in [1.29, 1.82) is 0 Å². The monoisotopic (exact) mass is 761 g/mol. The van der Waals surface area contributed by atoms with E-state index >= 15 is 0 Å². The van der Waals surface area contributed by atoms with Crippen LogP contribution in [0.1, 0.15) is 91.5 Å². The predicted octanol–water partition coefficient (Wildman–Crippen LogP) is 2.91. The lowest BCUT2D eigenvalue weighted by Crippen LogP contribution is -2.50. The molecule has 1 rings (SSSR count). The summed E-state index contributed by atoms with van der Waals surface area (Å²) in [6, 6.07) is 7.46. The number of nitrogens with one attached hydrogen (secondary N) is 2. The lowest BCUT2D eigenvalue weighted by atomic mass is 9.90. The Balaban J connectivity index is 2.82. The Hall–Kier alpha value is -3.72. The van der Waals surface area contributed by atoms with Crippen molar-refractivity contribution in [2.75, 3.05) is 52.8 Å². The van der Waals surface area contributed by atoms with Crippen molar-refractivity contribution in [1.82, 2.24) is 10.6 Å². The third-order valence-electron chi connectivity index (χ3n) is 8.76. The minimum atomic E-state index is -1.14. The van der Waals surface area contributed by atoms with E-state index in [1.165, 1.54) is 0 Å². The van der Waals surface area contributed by atoms with Gasteiger partial charge in [-0.2, -0.15) is 0 Å². The first-order chi connectivity index (χ1) is 25.8. The Morgan fingerprint density at radius 3 is 2.00 bits per heavy atom. The van der Waals surface area contributed by atoms with Gasteiger partial charge in [0.1, 0.15) is 6.61 Å². The molecule has 0 unspecified atom stereocenters. The molecule has 7 N–H and O–H groups in total. The van der Waals surface area contributed by atoms with Gasteiger partial charge in [0.25, 0.3) is 0 Å². The van der Waals surface area contributed by atoms with Gasteiger partial charge in [-0.15, -0.1) is 0 Å². The lowest BCUT2D eigenvalue weighted by molar-refractivity contribution is -0.136. The lowest BCUT2D eigenvalue weighted by Gasteiger charge is -2.26. The van der Waals surface area contributed by atoms with Crippen molar-refractivity contribution < 1.29 is 43.3 Å². The van der Waals surface area contributed by atoms with E-state index < -0.39 is 48.1 Å². The Morgan fingerprint density at radius 2 is 1.41 bits per heavy atom. The minimum absolute atomic E-state index is 0.0885. The zero-order valence-electron chi connectivity index (χ0n) is 33.2. The summed E-state index contributed by atoms with van der Waals surface area (Å²) in [5.74, 6) is -3.76. The number of hydrogen-bond acceptors (Lipinski definition) is 10. The number of rotatable bonds is 32. The Kier molecular flexibility index (Phi) is 25.7. The summed E-state index contributed by atoms with van der Waals surface area (Å²) < 4.78 is 16.5. The van der Waals surface area contributed by atoms with Gasteiger partial charge in [0.2, 0.25) is 11.8 Å². The van der Waals surface area contributed by atoms with Gasteiger partial charge in [-0.05, 0) is 55.9 Å². The van der Waals surface area contributed by atoms with Crippen LogP contribution < -0.4 is 22.1 Å². The highest BCUT2D eigenvalue weighted by Crippen LogP contribution is 2.17. The molecule has 0 fully saturated rings. The molecule has 0 aliphatic rings. The van der Waals surface area contributed by atoms with E-state index in [0.29, 0.717) is 45.2 Å². The van der Waals surface area contributed by atoms with Crippen molar-refractivity contribution >= 4 is 35.1 Å². The smallest absolute Gasteiger partial charge is 0.226 e. The molecule has 0 aliphatic heterocycles. The van der Waals surface area contributed by atoms with E-state index in [0.717, 1.165) is 18.4 Å². The Bertz CT molecular complexity index is 1270. The second-order valence-corrected chi connectivity index (χ2v) is 14.4. The first kappa shape index (κ1) is 48.3. The number of ketones is 3. The summed E-state index contributed by atoms with van der Waals surface area (Å²) in [6.45, 7) is 11.2. The van der Waals surface area contributed by atoms with Gasteiger partial charge in [0.15, 0.2) is 23.3 Å². The van der Waals surface area contributed by atoms with Crippen LogP contribution in [0.5, 0.6) is 0 Å². The van der Waals surface area contributed by atoms with Crippen molar-refractivity contribution in [2.24, 2.45) is 40.1 Å². The molecule has 2 amide bonds. The van der Waals surface area contributed by atoms with Crippen LogP contribution >= 0.6 is 0 Å². The van der Waals surface area contributed by atoms with Crippen LogP contribution in [-0.2, 0) is 44.6 Å². The number of nitrogens with zero attached hydrogens (tertiary/aromatic N) is 1. The summed E-state index contributed by atoms with van der Waals surface area (Å²) in [5.41, 5.74) is 11.7. The molecule has 0 saturated carbocycles. The van der Waals surface area contributed by atoms with Gasteiger partial charge < -0.3 is 41.4 Å². The van der Waals surface area contributed by atoms with Crippen molar-refractivity contribution in [3.63, 3.8) is 0 Å². The van der Waals surface area contributed by atoms with Crippen LogP contribution in [0.3, 0.4) is 0 Å². The van der Waals surface area contributed by atoms with Gasteiger partial charge in [0, 0.05) is 38.3 Å². The third kappa shape index (κ3) is 21.9. The van der Waals surface area contributed by atoms with Crippen molar-refractivity contribution in [3.8, 4) is 0 Å². The number of guanidine groups is 1. The highest BCUT2D eigenvalue weighted by atomic mass is 16.5. The fourth-order valence-corrected chi connectivity index (χ4v) is 5.73. The van der Waals surface area contributed by atoms with E-state index in [2.05, 4.69) is 29.5 Å². The zero-order chi connectivity index (χ0) is 40.3. The van der Waals surface area contributed by atoms with E-state index in [-0.39, 0.29) is 75.3 Å². The molecule has 0 spiro atoms. The van der Waals surface area contributed by atoms with Gasteiger partial charge in [-0.1, -0.05) is 65.0 Å². The summed E-state index contributed by atoms with van der Waals surface area (Å²) in [4.78, 5) is 70.3. The number of carbonyl (C=O) groups is 5. The van der Waals surface area contributed by atoms with Crippen LogP contribution in [0.15, 0.2) is 35.3 Å². The number of amides is 2. The maximum Gasteiger partial charge on any atom is 0.226 e. The quantitative estimate of drug-likeness (QED) is 0.0408. The van der Waals surface area contributed by atoms with E-state index in [1.54, 1.807) is 13.8 Å². The van der Waals surface area contributed by atoms with Crippen LogP contribution in [0, 0.1) is 23.7 Å². The molecule has 0 bridgehead atoms. The van der Waals surface area contributed by atoms with E-state index in [4.69, 9.17) is 25.7 Å². The van der Waals surface area contributed by atoms with Crippen molar-refractivity contribution in [3.05, 3.63) is 35.9 Å². The maximum absolute atomic E-state index is 13.6. The predicted molar refractivity (Wildman–Crippen MR) is 209 cm³/mol. The maximum atomic E-state index is 13.6. The standard InChI is InChI=1S/C40H67N5O9/c1-6-12-35(48)34(23-30-14-8-7-9-15-30)44-39(51)32(26-46)25-36(49)37(29(4)5)45-38(50)31(16-10-17-43-40(41)42)24-33(47)27-54-22-21-53-20-19-52-18-11-13-28(2)3/h7-9,14-15,28-29,31-32,34,37,46H,6,10-13,16-27H2,1-5H3,(H,44,51)(H,45,50)(H4,41,42,43)/t31-,32+,34+,37+/m1/s1. The fourth-order valence-electron chi connectivity index (χ4n) is 5.73. The summed E-state index contributed by atoms with van der Waals surface area (Å²) >= 11 is 0. The Labute approximate surface area is 321 Å². The number of benzene rings is 1. The van der Waals surface area contributed by atoms with Crippen LogP contribution in [-0.4, -0.2) is 105 Å². The molecule has 54 heavy (non-hydrogen) atoms. The average Bonchev–Trinajstić information content (AvgIpc) is 3.12. The van der Waals surface area contributed by atoms with Crippen molar-refractivity contribution in [2.45, 2.75) is 104 Å². The van der Waals surface area contributed by atoms with Gasteiger partial charge >= 0.3 is 0 Å². The molecular formula is C40H67N5O9. The number of hydrogen-bond donors (Lipinski definition) is 5. The van der Waals surface area contributed by atoms with Crippen LogP contribution in [0.4, 0.5) is 0 Å². The number of Topliss-reactive ketones (excluding diaryl/α,β-unsaturated/α-hetero) is 3. The molecular weight excluding hydrogens is 694 g/mol. The highest BCUT2D eigenvalue weighted by Gasteiger charge is 2.33. The molecule has 4 atom stereocenters. The molecule has 14 heteroatoms. The fraction of sp³-hybridized carbons (Fsp3) is 0.700. The SMILES string of the molecule is CCCC(=O)[C@H](Cc1ccccc1)NC(=O)[C@H](CO)CC(=O)[C@@H](NC(=O)[C@H](CCCN=C(N)N)CC(=O)COCCOCCOCCCC(C)C)C(C)C. The molecule has 306 valence electrons. The average molecular weight is 762 g/mol. The molecule has 0 radical (unpaired) electrons. The molecule has 0 saturated heterocycles. The molecule has 1 aromatic rings. The summed E-state index contributed by atoms with van der Waals surface area (Å²) in [6.07, 6.45) is 3.46. The molecule has 0 heterocycles. The minimum Gasteiger partial charge on any atom is -0.396 e. The topological polar surface area (TPSA) is 222 Å². The third-order valence-corrected chi connectivity index (χ3v) is 8.76. The number of ether oxygens (including phenoxy) is 3. The molecule has 0 aromatic heterocycles. The number of aliphatic hydroxyl groups excluding tert-OH is 1. The van der Waals surface area contributed by atoms with Crippen LogP contribution in [0.2, 0.25) is 0 Å². The summed E-state index contributed by atoms with van der Waals surface area (Å²) in [7, 11) is 0. The molecule has 14 nitrogen and oxygen atoms in total. The van der Waals surface area contributed by atoms with Gasteiger partial charge in [0.05, 0.1) is 51.0 Å². The first-order valence-corrected chi connectivity index (χ1v) is 19.4. The molecule has 1 aromatic carbocycles. The summed E-state index contributed by atoms with van der Waals surface area (Å²) in [5, 5.41) is 15.7. The first-order valence-electron chi connectivity index (χ1n) is 19.4. The number of aliphatic hydroxyl groups is 1. The second kappa shape index (κ2) is 28.7. The second-order valence-electron chi connectivity index (χ2n) is 14.4. The highest BCUT2D eigenvalue weighted by molar-refractivity contribution is 5.95. The van der Waals surface area contributed by atoms with E-state index in [1.807, 2.05) is 37.3 Å². The molecule has 0 aliphatic carbocycles. The zero-order valence-corrected chi connectivity index (χ0v) is 33.2.